The Morgan fingerprint density at radius 1 is 1.19 bits per heavy atom. The molecule has 5 rings (SSSR count). The summed E-state index contributed by atoms with van der Waals surface area (Å²) in [5.41, 5.74) is 3.03. The number of benzene rings is 1. The highest BCUT2D eigenvalue weighted by Gasteiger charge is 2.32. The molecule has 1 aromatic carbocycles. The van der Waals surface area contributed by atoms with Crippen LogP contribution in [0.15, 0.2) is 30.5 Å². The Balaban J connectivity index is 1.47. The molecule has 0 unspecified atom stereocenters. The van der Waals surface area contributed by atoms with Crippen molar-refractivity contribution in [3.63, 3.8) is 0 Å². The molecule has 2 atom stereocenters. The fourth-order valence-corrected chi connectivity index (χ4v) is 5.18. The summed E-state index contributed by atoms with van der Waals surface area (Å²) in [6.07, 6.45) is 5.97. The van der Waals surface area contributed by atoms with Crippen LogP contribution >= 0.6 is 11.6 Å². The molecule has 0 N–H and O–H groups in total. The van der Waals surface area contributed by atoms with Gasteiger partial charge in [0.2, 0.25) is 0 Å². The number of hydrogen-bond acceptors (Lipinski definition) is 4. The highest BCUT2D eigenvalue weighted by molar-refractivity contribution is 6.33. The minimum atomic E-state index is -0.452. The minimum absolute atomic E-state index is 0.135. The van der Waals surface area contributed by atoms with E-state index in [4.69, 9.17) is 21.7 Å². The summed E-state index contributed by atoms with van der Waals surface area (Å²) in [5, 5.41) is 4.93. The molecule has 2 aliphatic rings. The Morgan fingerprint density at radius 3 is 2.78 bits per heavy atom. The molecule has 4 heterocycles. The summed E-state index contributed by atoms with van der Waals surface area (Å²) in [4.78, 5) is 22.4. The van der Waals surface area contributed by atoms with E-state index < -0.39 is 5.82 Å². The van der Waals surface area contributed by atoms with Crippen LogP contribution in [0, 0.1) is 18.7 Å². The molecule has 8 heteroatoms. The second kappa shape index (κ2) is 8.35. The first-order chi connectivity index (χ1) is 15.4. The van der Waals surface area contributed by atoms with Crippen LogP contribution in [0.4, 0.5) is 10.2 Å². The van der Waals surface area contributed by atoms with Gasteiger partial charge in [-0.2, -0.15) is 5.10 Å². The number of nitrogens with zero attached hydrogens (tertiary/aromatic N) is 5. The Hall–Kier alpha value is -2.67. The van der Waals surface area contributed by atoms with E-state index >= 15 is 0 Å². The summed E-state index contributed by atoms with van der Waals surface area (Å²) in [7, 11) is 0. The first-order valence-electron chi connectivity index (χ1n) is 11.3. The van der Waals surface area contributed by atoms with Crippen molar-refractivity contribution in [2.75, 3.05) is 24.5 Å². The van der Waals surface area contributed by atoms with Gasteiger partial charge in [-0.05, 0) is 56.7 Å². The van der Waals surface area contributed by atoms with Crippen molar-refractivity contribution in [2.24, 2.45) is 5.92 Å². The lowest BCUT2D eigenvalue weighted by Crippen LogP contribution is -2.38. The van der Waals surface area contributed by atoms with E-state index in [-0.39, 0.29) is 17.0 Å². The molecule has 2 fully saturated rings. The van der Waals surface area contributed by atoms with Crippen LogP contribution in [0.3, 0.4) is 0 Å². The van der Waals surface area contributed by atoms with E-state index in [0.29, 0.717) is 18.0 Å². The third kappa shape index (κ3) is 3.83. The number of rotatable bonds is 3. The van der Waals surface area contributed by atoms with Gasteiger partial charge in [-0.15, -0.1) is 0 Å². The van der Waals surface area contributed by atoms with Gasteiger partial charge in [0.05, 0.1) is 22.3 Å². The zero-order valence-electron chi connectivity index (χ0n) is 18.4. The second-order valence-electron chi connectivity index (χ2n) is 9.09. The zero-order valence-corrected chi connectivity index (χ0v) is 19.1. The quantitative estimate of drug-likeness (QED) is 0.555. The van der Waals surface area contributed by atoms with Gasteiger partial charge in [0.1, 0.15) is 11.6 Å². The van der Waals surface area contributed by atoms with Gasteiger partial charge in [0.25, 0.3) is 5.91 Å². The second-order valence-corrected chi connectivity index (χ2v) is 9.50. The van der Waals surface area contributed by atoms with E-state index in [2.05, 4.69) is 18.7 Å². The maximum atomic E-state index is 13.5. The van der Waals surface area contributed by atoms with Gasteiger partial charge in [-0.3, -0.25) is 4.79 Å². The number of halogens is 2. The molecule has 1 amide bonds. The van der Waals surface area contributed by atoms with Crippen molar-refractivity contribution >= 4 is 29.0 Å². The lowest BCUT2D eigenvalue weighted by molar-refractivity contribution is 0.0606. The number of piperidine rings is 1. The molecule has 3 aromatic rings. The molecule has 2 saturated heterocycles. The molecule has 6 nitrogen and oxygen atoms in total. The lowest BCUT2D eigenvalue weighted by Gasteiger charge is -2.35. The van der Waals surface area contributed by atoms with Gasteiger partial charge < -0.3 is 9.80 Å². The van der Waals surface area contributed by atoms with Gasteiger partial charge in [0.15, 0.2) is 5.65 Å². The standard InChI is InChI=1S/C24H27ClFN5O/c1-15-8-10-29(13-15)23-16(2)14-31-22(27-23)12-20(28-31)21-5-3-4-9-30(21)24(32)18-7-6-17(26)11-19(18)25/h6-7,11-12,14-15,21H,3-5,8-10,13H2,1-2H3/t15-,21-/m0/s1. The molecule has 2 aromatic heterocycles. The number of anilines is 1. The number of aryl methyl sites for hydroxylation is 1. The van der Waals surface area contributed by atoms with Gasteiger partial charge >= 0.3 is 0 Å². The largest absolute Gasteiger partial charge is 0.356 e. The third-order valence-electron chi connectivity index (χ3n) is 6.61. The number of likely N-dealkylation sites (tertiary alicyclic amines) is 1. The first kappa shape index (κ1) is 21.2. The summed E-state index contributed by atoms with van der Waals surface area (Å²) in [6, 6.07) is 5.76. The molecule has 0 bridgehead atoms. The molecule has 0 spiro atoms. The summed E-state index contributed by atoms with van der Waals surface area (Å²) in [5.74, 6) is 1.05. The van der Waals surface area contributed by atoms with Crippen molar-refractivity contribution in [1.29, 1.82) is 0 Å². The van der Waals surface area contributed by atoms with E-state index in [9.17, 15) is 9.18 Å². The monoisotopic (exact) mass is 455 g/mol. The summed E-state index contributed by atoms with van der Waals surface area (Å²) in [6.45, 7) is 7.00. The number of carbonyl (C=O) groups excluding carboxylic acids is 1. The SMILES string of the molecule is Cc1cn2nc([C@@H]3CCCCN3C(=O)c3ccc(F)cc3Cl)cc2nc1N1CC[C@H](C)C1. The van der Waals surface area contributed by atoms with Crippen molar-refractivity contribution in [1.82, 2.24) is 19.5 Å². The van der Waals surface area contributed by atoms with E-state index in [1.54, 1.807) is 0 Å². The molecule has 0 aliphatic carbocycles. The zero-order chi connectivity index (χ0) is 22.4. The Labute approximate surface area is 192 Å². The van der Waals surface area contributed by atoms with Crippen LogP contribution in [-0.4, -0.2) is 45.0 Å². The van der Waals surface area contributed by atoms with Gasteiger partial charge in [-0.25, -0.2) is 13.9 Å². The molecule has 168 valence electrons. The topological polar surface area (TPSA) is 53.7 Å². The van der Waals surface area contributed by atoms with Gasteiger partial charge in [-0.1, -0.05) is 18.5 Å². The Kier molecular flexibility index (Phi) is 5.53. The maximum absolute atomic E-state index is 13.5. The fourth-order valence-electron chi connectivity index (χ4n) is 4.93. The van der Waals surface area contributed by atoms with Crippen molar-refractivity contribution in [3.8, 4) is 0 Å². The van der Waals surface area contributed by atoms with Crippen molar-refractivity contribution in [3.05, 3.63) is 58.1 Å². The number of carbonyl (C=O) groups is 1. The molecular weight excluding hydrogens is 429 g/mol. The molecule has 0 radical (unpaired) electrons. The van der Waals surface area contributed by atoms with Gasteiger partial charge in [0, 0.05) is 37.5 Å². The molecule has 32 heavy (non-hydrogen) atoms. The van der Waals surface area contributed by atoms with Crippen molar-refractivity contribution in [2.45, 2.75) is 45.6 Å². The third-order valence-corrected chi connectivity index (χ3v) is 6.93. The van der Waals surface area contributed by atoms with Crippen LogP contribution in [-0.2, 0) is 0 Å². The predicted molar refractivity (Wildman–Crippen MR) is 123 cm³/mol. The average molecular weight is 456 g/mol. The average Bonchev–Trinajstić information content (AvgIpc) is 3.38. The smallest absolute Gasteiger partial charge is 0.255 e. The number of hydrogen-bond donors (Lipinski definition) is 0. The number of fused-ring (bicyclic) bond motifs is 1. The van der Waals surface area contributed by atoms with E-state index in [1.165, 1.54) is 24.6 Å². The fraction of sp³-hybridized carbons (Fsp3) is 0.458. The van der Waals surface area contributed by atoms with Crippen LogP contribution in [0.25, 0.3) is 5.65 Å². The maximum Gasteiger partial charge on any atom is 0.255 e. The number of aromatic nitrogens is 3. The van der Waals surface area contributed by atoms with Crippen LogP contribution < -0.4 is 4.90 Å². The lowest BCUT2D eigenvalue weighted by atomic mass is 9.98. The Bertz CT molecular complexity index is 1180. The molecular formula is C24H27ClFN5O. The molecule has 2 aliphatic heterocycles. The van der Waals surface area contributed by atoms with Crippen molar-refractivity contribution < 1.29 is 9.18 Å². The van der Waals surface area contributed by atoms with Crippen LogP contribution in [0.2, 0.25) is 5.02 Å². The van der Waals surface area contributed by atoms with E-state index in [0.717, 1.165) is 55.1 Å². The van der Waals surface area contributed by atoms with Crippen LogP contribution in [0.5, 0.6) is 0 Å². The normalized spacial score (nSPS) is 21.5. The first-order valence-corrected chi connectivity index (χ1v) is 11.7. The van der Waals surface area contributed by atoms with E-state index in [1.807, 2.05) is 21.7 Å². The highest BCUT2D eigenvalue weighted by atomic mass is 35.5. The Morgan fingerprint density at radius 2 is 2.03 bits per heavy atom. The van der Waals surface area contributed by atoms with Crippen LogP contribution in [0.1, 0.15) is 60.3 Å². The minimum Gasteiger partial charge on any atom is -0.356 e. The molecule has 0 saturated carbocycles. The predicted octanol–water partition coefficient (Wildman–Crippen LogP) is 5.04. The summed E-state index contributed by atoms with van der Waals surface area (Å²) < 4.78 is 15.3. The highest BCUT2D eigenvalue weighted by Crippen LogP contribution is 2.34. The summed E-state index contributed by atoms with van der Waals surface area (Å²) >= 11 is 6.19. The number of amides is 1.